The Morgan fingerprint density at radius 3 is 1.03 bits per heavy atom. The molecule has 0 aromatic carbocycles. The van der Waals surface area contributed by atoms with Crippen molar-refractivity contribution in [1.82, 2.24) is 0 Å². The van der Waals surface area contributed by atoms with Crippen molar-refractivity contribution in [3.8, 4) is 0 Å². The third kappa shape index (κ3) is 59.0. The van der Waals surface area contributed by atoms with Crippen LogP contribution in [0.4, 0.5) is 0 Å². The fourth-order valence-electron chi connectivity index (χ4n) is 7.47. The first-order chi connectivity index (χ1) is 36.8. The van der Waals surface area contributed by atoms with Crippen molar-refractivity contribution in [2.45, 2.75) is 225 Å². The van der Waals surface area contributed by atoms with E-state index >= 15 is 0 Å². The monoisotopic (exact) mass is 1060 g/mol. The van der Waals surface area contributed by atoms with Crippen LogP contribution in [0.3, 0.4) is 0 Å². The fourth-order valence-corrected chi connectivity index (χ4v) is 8.23. The van der Waals surface area contributed by atoms with Crippen LogP contribution >= 0.6 is 7.82 Å². The predicted molar refractivity (Wildman–Crippen MR) is 320 cm³/mol. The van der Waals surface area contributed by atoms with Crippen molar-refractivity contribution >= 4 is 19.8 Å². The number of unbranched alkanes of at least 4 members (excludes halogenated alkanes) is 16. The van der Waals surface area contributed by atoms with E-state index in [1.54, 1.807) is 0 Å². The molecule has 0 bridgehead atoms. The van der Waals surface area contributed by atoms with E-state index in [-0.39, 0.29) is 32.6 Å². The van der Waals surface area contributed by atoms with Gasteiger partial charge in [-0.25, -0.2) is 4.57 Å². The molecule has 75 heavy (non-hydrogen) atoms. The highest BCUT2D eigenvalue weighted by Gasteiger charge is 2.26. The highest BCUT2D eigenvalue weighted by atomic mass is 31.2. The number of phosphoric acid groups is 1. The minimum Gasteiger partial charge on any atom is -0.462 e. The van der Waals surface area contributed by atoms with Crippen LogP contribution in [-0.2, 0) is 32.7 Å². The molecule has 0 aliphatic heterocycles. The number of rotatable bonds is 53. The number of allylic oxidation sites excluding steroid dienone is 24. The molecular formula is C65H106NO8P. The zero-order valence-electron chi connectivity index (χ0n) is 47.2. The number of ether oxygens (including phenoxy) is 2. The molecule has 424 valence electrons. The fraction of sp³-hybridized carbons (Fsp3) is 0.600. The van der Waals surface area contributed by atoms with Crippen molar-refractivity contribution in [3.05, 3.63) is 146 Å². The molecule has 2 unspecified atom stereocenters. The summed E-state index contributed by atoms with van der Waals surface area (Å²) in [5.41, 5.74) is 5.38. The van der Waals surface area contributed by atoms with Crippen molar-refractivity contribution in [1.29, 1.82) is 0 Å². The van der Waals surface area contributed by atoms with Gasteiger partial charge in [0, 0.05) is 19.4 Å². The summed E-state index contributed by atoms with van der Waals surface area (Å²) in [6, 6.07) is 0. The number of carbonyl (C=O) groups is 2. The molecule has 0 aromatic heterocycles. The van der Waals surface area contributed by atoms with E-state index in [4.69, 9.17) is 24.3 Å². The summed E-state index contributed by atoms with van der Waals surface area (Å²) in [4.78, 5) is 35.2. The summed E-state index contributed by atoms with van der Waals surface area (Å²) in [6.07, 6.45) is 84.7. The summed E-state index contributed by atoms with van der Waals surface area (Å²) in [5.74, 6) is -0.856. The Morgan fingerprint density at radius 1 is 0.400 bits per heavy atom. The number of phosphoric ester groups is 1. The van der Waals surface area contributed by atoms with Crippen molar-refractivity contribution in [3.63, 3.8) is 0 Å². The maximum Gasteiger partial charge on any atom is 0.472 e. The lowest BCUT2D eigenvalue weighted by Crippen LogP contribution is -2.29. The first-order valence-corrected chi connectivity index (χ1v) is 30.8. The van der Waals surface area contributed by atoms with Gasteiger partial charge >= 0.3 is 19.8 Å². The summed E-state index contributed by atoms with van der Waals surface area (Å²) >= 11 is 0. The normalized spacial score (nSPS) is 14.1. The third-order valence-electron chi connectivity index (χ3n) is 11.7. The lowest BCUT2D eigenvalue weighted by Gasteiger charge is -2.19. The van der Waals surface area contributed by atoms with E-state index in [9.17, 15) is 19.0 Å². The molecule has 9 nitrogen and oxygen atoms in total. The maximum atomic E-state index is 12.7. The Hall–Kier alpha value is -4.11. The molecule has 0 fully saturated rings. The van der Waals surface area contributed by atoms with Crippen LogP contribution in [0.25, 0.3) is 0 Å². The van der Waals surface area contributed by atoms with Crippen molar-refractivity contribution in [2.24, 2.45) is 5.73 Å². The topological polar surface area (TPSA) is 134 Å². The predicted octanol–water partition coefficient (Wildman–Crippen LogP) is 18.7. The quantitative estimate of drug-likeness (QED) is 0.0264. The summed E-state index contributed by atoms with van der Waals surface area (Å²) in [7, 11) is -4.40. The Kier molecular flexibility index (Phi) is 55.9. The molecule has 0 rings (SSSR count). The van der Waals surface area contributed by atoms with Crippen molar-refractivity contribution < 1.29 is 37.6 Å². The zero-order valence-corrected chi connectivity index (χ0v) is 48.1. The molecule has 3 N–H and O–H groups in total. The van der Waals surface area contributed by atoms with Crippen LogP contribution in [0.1, 0.15) is 219 Å². The van der Waals surface area contributed by atoms with Crippen LogP contribution in [-0.4, -0.2) is 49.3 Å². The minimum absolute atomic E-state index is 0.0435. The Bertz CT molecular complexity index is 1730. The molecule has 0 aromatic rings. The number of hydrogen-bond donors (Lipinski definition) is 2. The van der Waals surface area contributed by atoms with E-state index in [2.05, 4.69) is 160 Å². The average molecular weight is 1060 g/mol. The Labute approximate surface area is 458 Å². The third-order valence-corrected chi connectivity index (χ3v) is 12.7. The van der Waals surface area contributed by atoms with Gasteiger partial charge in [-0.1, -0.05) is 237 Å². The summed E-state index contributed by atoms with van der Waals surface area (Å²) < 4.78 is 33.0. The van der Waals surface area contributed by atoms with E-state index in [0.717, 1.165) is 128 Å². The molecule has 0 saturated carbocycles. The van der Waals surface area contributed by atoms with Crippen LogP contribution in [0.2, 0.25) is 0 Å². The standard InChI is InChI=1S/C65H106NO8P/c1-3-5-7-9-11-13-15-17-19-21-22-23-24-25-26-27-28-29-30-31-32-33-34-35-36-37-38-39-40-42-44-46-48-50-52-54-56-58-65(68)74-63(62-73-75(69,70)72-60-59-66)61-71-64(67)57-55-53-51-49-47-45-43-41-20-18-16-14-12-10-8-6-4-2/h5-8,11-14,17-20,22-23,25-26,28-29,31-32,34-35,37-38,63H,3-4,9-10,15-16,21,24,27,30,33,36,39-62,66H2,1-2H3,(H,69,70)/b7-5-,8-6-,13-11-,14-12-,19-17-,20-18-,23-22-,26-25-,29-28-,32-31-,35-34-,38-37-. The van der Waals surface area contributed by atoms with E-state index in [0.29, 0.717) is 12.8 Å². The molecule has 0 saturated heterocycles. The second-order valence-corrected chi connectivity index (χ2v) is 20.2. The number of nitrogens with two attached hydrogens (primary N) is 1. The van der Waals surface area contributed by atoms with Crippen LogP contribution < -0.4 is 5.73 Å². The SMILES string of the molecule is CC/C=C\C/C=C\C/C=C\C/C=C\C/C=C\C/C=C\C/C=C\C/C=C\C/C=C\CCCCCCCCCCCC(=O)OC(COC(=O)CCCCCCCCC/C=C\C/C=C\C/C=C\CC)COP(=O)(O)OCCN. The summed E-state index contributed by atoms with van der Waals surface area (Å²) in [6.45, 7) is 3.48. The highest BCUT2D eigenvalue weighted by molar-refractivity contribution is 7.47. The van der Waals surface area contributed by atoms with E-state index in [1.165, 1.54) is 51.4 Å². The average Bonchev–Trinajstić information content (AvgIpc) is 3.40. The van der Waals surface area contributed by atoms with E-state index in [1.807, 2.05) is 0 Å². The van der Waals surface area contributed by atoms with Gasteiger partial charge < -0.3 is 20.1 Å². The number of hydrogen-bond acceptors (Lipinski definition) is 8. The van der Waals surface area contributed by atoms with E-state index < -0.39 is 32.5 Å². The van der Waals surface area contributed by atoms with Gasteiger partial charge in [0.15, 0.2) is 6.10 Å². The lowest BCUT2D eigenvalue weighted by atomic mass is 10.1. The van der Waals surface area contributed by atoms with Crippen molar-refractivity contribution in [2.75, 3.05) is 26.4 Å². The molecule has 0 heterocycles. The van der Waals surface area contributed by atoms with Gasteiger partial charge in [-0.15, -0.1) is 0 Å². The first-order valence-electron chi connectivity index (χ1n) is 29.3. The molecule has 0 radical (unpaired) electrons. The molecule has 10 heteroatoms. The number of carbonyl (C=O) groups excluding carboxylic acids is 2. The molecule has 2 atom stereocenters. The van der Waals surface area contributed by atoms with Gasteiger partial charge in [0.2, 0.25) is 0 Å². The smallest absolute Gasteiger partial charge is 0.462 e. The second-order valence-electron chi connectivity index (χ2n) is 18.7. The van der Waals surface area contributed by atoms with Crippen LogP contribution in [0.5, 0.6) is 0 Å². The van der Waals surface area contributed by atoms with Crippen LogP contribution in [0, 0.1) is 0 Å². The molecule has 0 aliphatic rings. The molecule has 0 aliphatic carbocycles. The lowest BCUT2D eigenvalue weighted by molar-refractivity contribution is -0.161. The molecule has 0 spiro atoms. The van der Waals surface area contributed by atoms with Gasteiger partial charge in [0.25, 0.3) is 0 Å². The summed E-state index contributed by atoms with van der Waals surface area (Å²) in [5, 5.41) is 0. The van der Waals surface area contributed by atoms with Gasteiger partial charge in [0.1, 0.15) is 6.61 Å². The Balaban J connectivity index is 4.01. The highest BCUT2D eigenvalue weighted by Crippen LogP contribution is 2.43. The minimum atomic E-state index is -4.40. The van der Waals surface area contributed by atoms with Gasteiger partial charge in [-0.05, 0) is 116 Å². The van der Waals surface area contributed by atoms with Gasteiger partial charge in [-0.2, -0.15) is 0 Å². The second kappa shape index (κ2) is 59.1. The van der Waals surface area contributed by atoms with Crippen LogP contribution in [0.15, 0.2) is 146 Å². The van der Waals surface area contributed by atoms with Gasteiger partial charge in [0.05, 0.1) is 13.2 Å². The Morgan fingerprint density at radius 2 is 0.693 bits per heavy atom. The van der Waals surface area contributed by atoms with Gasteiger partial charge in [-0.3, -0.25) is 18.6 Å². The maximum absolute atomic E-state index is 12.7. The zero-order chi connectivity index (χ0) is 54.5. The first kappa shape index (κ1) is 70.9. The molecular weight excluding hydrogens is 954 g/mol. The molecule has 0 amide bonds. The largest absolute Gasteiger partial charge is 0.472 e. The number of esters is 2.